The highest BCUT2D eigenvalue weighted by atomic mass is 16.5. The van der Waals surface area contributed by atoms with Crippen LogP contribution < -0.4 is 10.1 Å². The van der Waals surface area contributed by atoms with Crippen LogP contribution in [0.2, 0.25) is 0 Å². The van der Waals surface area contributed by atoms with E-state index in [1.807, 2.05) is 30.1 Å². The molecule has 0 radical (unpaired) electrons. The zero-order chi connectivity index (χ0) is 19.2. The highest BCUT2D eigenvalue weighted by molar-refractivity contribution is 5.92. The number of allylic oxidation sites excluding steroid dienone is 2. The van der Waals surface area contributed by atoms with Gasteiger partial charge in [-0.25, -0.2) is 0 Å². The fourth-order valence-electron chi connectivity index (χ4n) is 3.48. The van der Waals surface area contributed by atoms with E-state index in [0.29, 0.717) is 17.5 Å². The molecule has 0 saturated heterocycles. The van der Waals surface area contributed by atoms with Crippen molar-refractivity contribution in [2.24, 2.45) is 0 Å². The first-order valence-corrected chi connectivity index (χ1v) is 9.70. The number of amides is 2. The van der Waals surface area contributed by atoms with E-state index in [0.717, 1.165) is 32.1 Å². The lowest BCUT2D eigenvalue weighted by Gasteiger charge is -2.29. The summed E-state index contributed by atoms with van der Waals surface area (Å²) < 4.78 is 5.17. The standard InChI is InChI=1S/C21H29N3O3/c1-23(14-20(25)22-16-7-6-10-19(13-16)27-2)15-21(26)24(18-11-12-18)17-8-4-3-5-9-17/h6-8,10,13,18H,3-5,9,11-12,14-15H2,1-2H3,(H,22,25). The van der Waals surface area contributed by atoms with E-state index < -0.39 is 0 Å². The van der Waals surface area contributed by atoms with Crippen LogP contribution in [-0.4, -0.2) is 54.9 Å². The van der Waals surface area contributed by atoms with Gasteiger partial charge >= 0.3 is 0 Å². The molecule has 0 atom stereocenters. The molecule has 146 valence electrons. The summed E-state index contributed by atoms with van der Waals surface area (Å²) in [6, 6.07) is 7.60. The van der Waals surface area contributed by atoms with E-state index in [1.165, 1.54) is 12.1 Å². The van der Waals surface area contributed by atoms with Crippen molar-refractivity contribution in [1.29, 1.82) is 0 Å². The van der Waals surface area contributed by atoms with Crippen molar-refractivity contribution in [3.8, 4) is 5.75 Å². The quantitative estimate of drug-likeness (QED) is 0.763. The third kappa shape index (κ3) is 5.57. The summed E-state index contributed by atoms with van der Waals surface area (Å²) in [6.45, 7) is 0.417. The number of benzene rings is 1. The second kappa shape index (κ2) is 9.04. The van der Waals surface area contributed by atoms with E-state index in [1.54, 1.807) is 18.1 Å². The Balaban J connectivity index is 1.52. The van der Waals surface area contributed by atoms with Gasteiger partial charge in [-0.3, -0.25) is 14.5 Å². The molecule has 6 nitrogen and oxygen atoms in total. The summed E-state index contributed by atoms with van der Waals surface area (Å²) in [6.07, 6.45) is 8.80. The Hall–Kier alpha value is -2.34. The largest absolute Gasteiger partial charge is 0.497 e. The van der Waals surface area contributed by atoms with Crippen LogP contribution in [0.3, 0.4) is 0 Å². The number of carbonyl (C=O) groups excluding carboxylic acids is 2. The maximum atomic E-state index is 12.9. The maximum absolute atomic E-state index is 12.9. The molecule has 1 fully saturated rings. The van der Waals surface area contributed by atoms with Crippen molar-refractivity contribution in [2.45, 2.75) is 44.6 Å². The number of methoxy groups -OCH3 is 1. The number of nitrogens with one attached hydrogen (secondary N) is 1. The molecule has 3 rings (SSSR count). The Morgan fingerprint density at radius 3 is 2.70 bits per heavy atom. The highest BCUT2D eigenvalue weighted by Gasteiger charge is 2.35. The molecule has 1 aromatic carbocycles. The van der Waals surface area contributed by atoms with Gasteiger partial charge in [0.15, 0.2) is 0 Å². The van der Waals surface area contributed by atoms with Gasteiger partial charge in [0.2, 0.25) is 11.8 Å². The topological polar surface area (TPSA) is 61.9 Å². The van der Waals surface area contributed by atoms with Crippen molar-refractivity contribution < 1.29 is 14.3 Å². The third-order valence-corrected chi connectivity index (χ3v) is 4.93. The number of anilines is 1. The molecule has 6 heteroatoms. The van der Waals surface area contributed by atoms with Crippen LogP contribution in [0.25, 0.3) is 0 Å². The van der Waals surface area contributed by atoms with Gasteiger partial charge in [0.25, 0.3) is 0 Å². The van der Waals surface area contributed by atoms with Crippen LogP contribution in [0.4, 0.5) is 5.69 Å². The molecule has 0 heterocycles. The molecule has 1 N–H and O–H groups in total. The van der Waals surface area contributed by atoms with Gasteiger partial charge in [-0.05, 0) is 57.7 Å². The van der Waals surface area contributed by atoms with Gasteiger partial charge in [-0.15, -0.1) is 0 Å². The van der Waals surface area contributed by atoms with Gasteiger partial charge in [0, 0.05) is 23.5 Å². The van der Waals surface area contributed by atoms with E-state index in [2.05, 4.69) is 11.4 Å². The molecule has 27 heavy (non-hydrogen) atoms. The number of nitrogens with zero attached hydrogens (tertiary/aromatic N) is 2. The average molecular weight is 371 g/mol. The lowest BCUT2D eigenvalue weighted by molar-refractivity contribution is -0.131. The Labute approximate surface area is 161 Å². The molecule has 2 amide bonds. The summed E-state index contributed by atoms with van der Waals surface area (Å²) in [5.74, 6) is 0.646. The molecule has 2 aliphatic carbocycles. The molecule has 0 aliphatic heterocycles. The fourth-order valence-corrected chi connectivity index (χ4v) is 3.48. The molecular weight excluding hydrogens is 342 g/mol. The predicted molar refractivity (Wildman–Crippen MR) is 106 cm³/mol. The smallest absolute Gasteiger partial charge is 0.241 e. The van der Waals surface area contributed by atoms with Gasteiger partial charge in [0.05, 0.1) is 20.2 Å². The number of carbonyl (C=O) groups is 2. The summed E-state index contributed by atoms with van der Waals surface area (Å²) in [5.41, 5.74) is 1.87. The van der Waals surface area contributed by atoms with Gasteiger partial charge < -0.3 is 15.0 Å². The first-order chi connectivity index (χ1) is 13.1. The fraction of sp³-hybridized carbons (Fsp3) is 0.524. The van der Waals surface area contributed by atoms with E-state index in [4.69, 9.17) is 4.74 Å². The van der Waals surface area contributed by atoms with Crippen molar-refractivity contribution in [3.63, 3.8) is 0 Å². The second-order valence-electron chi connectivity index (χ2n) is 7.39. The number of ether oxygens (including phenoxy) is 1. The van der Waals surface area contributed by atoms with Gasteiger partial charge in [0.1, 0.15) is 5.75 Å². The summed E-state index contributed by atoms with van der Waals surface area (Å²) in [4.78, 5) is 28.9. The van der Waals surface area contributed by atoms with Crippen molar-refractivity contribution >= 4 is 17.5 Å². The highest BCUT2D eigenvalue weighted by Crippen LogP contribution is 2.33. The Bertz CT molecular complexity index is 712. The molecule has 1 saturated carbocycles. The molecule has 0 unspecified atom stereocenters. The minimum absolute atomic E-state index is 0.0994. The zero-order valence-corrected chi connectivity index (χ0v) is 16.2. The lowest BCUT2D eigenvalue weighted by Crippen LogP contribution is -2.42. The molecular formula is C21H29N3O3. The van der Waals surface area contributed by atoms with Crippen molar-refractivity contribution in [1.82, 2.24) is 9.80 Å². The SMILES string of the molecule is COc1cccc(NC(=O)CN(C)CC(=O)N(C2=CCCCC2)C2CC2)c1. The average Bonchev–Trinajstić information content (AvgIpc) is 3.47. The van der Waals surface area contributed by atoms with Crippen LogP contribution in [0, 0.1) is 0 Å². The van der Waals surface area contributed by atoms with Crippen LogP contribution in [0.1, 0.15) is 38.5 Å². The lowest BCUT2D eigenvalue weighted by atomic mass is 10.0. The second-order valence-corrected chi connectivity index (χ2v) is 7.39. The molecule has 1 aromatic rings. The van der Waals surface area contributed by atoms with Gasteiger partial charge in [-0.2, -0.15) is 0 Å². The van der Waals surface area contributed by atoms with Crippen LogP contribution >= 0.6 is 0 Å². The summed E-state index contributed by atoms with van der Waals surface area (Å²) in [7, 11) is 3.40. The number of hydrogen-bond donors (Lipinski definition) is 1. The number of rotatable bonds is 8. The summed E-state index contributed by atoms with van der Waals surface area (Å²) >= 11 is 0. The normalized spacial score (nSPS) is 16.6. The summed E-state index contributed by atoms with van der Waals surface area (Å²) in [5, 5.41) is 2.85. The van der Waals surface area contributed by atoms with Crippen LogP contribution in [0.5, 0.6) is 5.75 Å². The van der Waals surface area contributed by atoms with E-state index in [-0.39, 0.29) is 24.9 Å². The number of hydrogen-bond acceptors (Lipinski definition) is 4. The molecule has 0 aromatic heterocycles. The van der Waals surface area contributed by atoms with Gasteiger partial charge in [-0.1, -0.05) is 12.1 Å². The first-order valence-electron chi connectivity index (χ1n) is 9.70. The van der Waals surface area contributed by atoms with Crippen molar-refractivity contribution in [3.05, 3.63) is 36.0 Å². The minimum atomic E-state index is -0.145. The maximum Gasteiger partial charge on any atom is 0.241 e. The Morgan fingerprint density at radius 1 is 1.22 bits per heavy atom. The van der Waals surface area contributed by atoms with Crippen molar-refractivity contribution in [2.75, 3.05) is 32.6 Å². The minimum Gasteiger partial charge on any atom is -0.497 e. The zero-order valence-electron chi connectivity index (χ0n) is 16.2. The van der Waals surface area contributed by atoms with Crippen LogP contribution in [-0.2, 0) is 9.59 Å². The molecule has 2 aliphatic rings. The first kappa shape index (κ1) is 19.4. The Kier molecular flexibility index (Phi) is 6.50. The van der Waals surface area contributed by atoms with Crippen LogP contribution in [0.15, 0.2) is 36.0 Å². The monoisotopic (exact) mass is 371 g/mol. The molecule has 0 bridgehead atoms. The molecule has 0 spiro atoms. The van der Waals surface area contributed by atoms with E-state index >= 15 is 0 Å². The van der Waals surface area contributed by atoms with E-state index in [9.17, 15) is 9.59 Å². The Morgan fingerprint density at radius 2 is 2.04 bits per heavy atom. The number of likely N-dealkylation sites (N-methyl/N-ethyl adjacent to an activating group) is 1. The predicted octanol–water partition coefficient (Wildman–Crippen LogP) is 3.01. The third-order valence-electron chi connectivity index (χ3n) is 4.93.